The van der Waals surface area contributed by atoms with Gasteiger partial charge in [0.05, 0.1) is 7.11 Å². The van der Waals surface area contributed by atoms with E-state index in [0.29, 0.717) is 17.8 Å². The summed E-state index contributed by atoms with van der Waals surface area (Å²) in [6.07, 6.45) is 4.13. The normalized spacial score (nSPS) is 12.2. The summed E-state index contributed by atoms with van der Waals surface area (Å²) in [7, 11) is 1.32. The average molecular weight is 423 g/mol. The van der Waals surface area contributed by atoms with Crippen molar-refractivity contribution >= 4 is 45.5 Å². The van der Waals surface area contributed by atoms with Gasteiger partial charge in [-0.25, -0.2) is 4.79 Å². The van der Waals surface area contributed by atoms with Gasteiger partial charge < -0.3 is 19.5 Å². The average Bonchev–Trinajstić information content (AvgIpc) is 3.35. The van der Waals surface area contributed by atoms with Crippen molar-refractivity contribution in [2.45, 2.75) is 18.2 Å². The van der Waals surface area contributed by atoms with E-state index in [4.69, 9.17) is 9.15 Å². The molecule has 2 aromatic heterocycles. The molecule has 7 heteroatoms. The number of aromatic nitrogens is 1. The van der Waals surface area contributed by atoms with Gasteiger partial charge in [-0.2, -0.15) is 11.8 Å². The van der Waals surface area contributed by atoms with Crippen LogP contribution in [-0.4, -0.2) is 36.3 Å². The predicted octanol–water partition coefficient (Wildman–Crippen LogP) is 4.29. The number of carbonyl (C=O) groups excluding carboxylic acids is 2. The smallest absolute Gasteiger partial charge is 0.328 e. The number of nitrogens with one attached hydrogen (secondary N) is 2. The number of H-pyrrole nitrogens is 1. The molecule has 2 heterocycles. The van der Waals surface area contributed by atoms with Crippen LogP contribution in [0.2, 0.25) is 0 Å². The lowest BCUT2D eigenvalue weighted by Gasteiger charge is -2.16. The van der Waals surface area contributed by atoms with Crippen LogP contribution in [0.5, 0.6) is 0 Å². The number of hydrogen-bond acceptors (Lipinski definition) is 5. The van der Waals surface area contributed by atoms with Gasteiger partial charge in [0, 0.05) is 40.2 Å². The Morgan fingerprint density at radius 2 is 1.87 bits per heavy atom. The van der Waals surface area contributed by atoms with Gasteiger partial charge in [-0.3, -0.25) is 4.79 Å². The summed E-state index contributed by atoms with van der Waals surface area (Å²) in [5.41, 5.74) is 3.38. The van der Waals surface area contributed by atoms with Crippen LogP contribution >= 0.6 is 11.8 Å². The van der Waals surface area contributed by atoms with Crippen LogP contribution in [-0.2, 0) is 21.7 Å². The monoisotopic (exact) mass is 422 g/mol. The number of esters is 1. The minimum absolute atomic E-state index is 0.235. The zero-order valence-electron chi connectivity index (χ0n) is 16.7. The number of rotatable bonds is 7. The second-order valence-corrected chi connectivity index (χ2v) is 7.82. The molecular formula is C23H22N2O4S. The molecule has 4 rings (SSSR count). The number of fused-ring (bicyclic) bond motifs is 2. The molecular weight excluding hydrogens is 400 g/mol. The van der Waals surface area contributed by atoms with E-state index in [1.165, 1.54) is 7.11 Å². The Hall–Kier alpha value is -3.19. The molecule has 2 N–H and O–H groups in total. The lowest BCUT2D eigenvalue weighted by Crippen LogP contribution is -2.43. The number of para-hydroxylation sites is 2. The van der Waals surface area contributed by atoms with Crippen LogP contribution in [0.15, 0.2) is 59.1 Å². The summed E-state index contributed by atoms with van der Waals surface area (Å²) in [5, 5.41) is 4.73. The number of benzene rings is 2. The third-order valence-corrected chi connectivity index (χ3v) is 5.66. The summed E-state index contributed by atoms with van der Waals surface area (Å²) >= 11 is 1.60. The number of carbonyl (C=O) groups is 2. The second kappa shape index (κ2) is 8.67. The van der Waals surface area contributed by atoms with Gasteiger partial charge in [0.1, 0.15) is 11.6 Å². The molecule has 30 heavy (non-hydrogen) atoms. The van der Waals surface area contributed by atoms with Crippen LogP contribution in [0.1, 0.15) is 21.7 Å². The van der Waals surface area contributed by atoms with E-state index in [-0.39, 0.29) is 5.76 Å². The van der Waals surface area contributed by atoms with Crippen molar-refractivity contribution in [1.29, 1.82) is 0 Å². The highest BCUT2D eigenvalue weighted by Crippen LogP contribution is 2.29. The Labute approximate surface area is 178 Å². The third-order valence-electron chi connectivity index (χ3n) is 5.08. The van der Waals surface area contributed by atoms with E-state index in [0.717, 1.165) is 27.4 Å². The van der Waals surface area contributed by atoms with Crippen LogP contribution in [0.3, 0.4) is 0 Å². The first-order valence-electron chi connectivity index (χ1n) is 9.55. The molecule has 0 bridgehead atoms. The van der Waals surface area contributed by atoms with Gasteiger partial charge in [-0.05, 0) is 24.0 Å². The molecule has 1 atom stereocenters. The van der Waals surface area contributed by atoms with Gasteiger partial charge in [-0.1, -0.05) is 36.4 Å². The first-order valence-corrected chi connectivity index (χ1v) is 10.9. The quantitative estimate of drug-likeness (QED) is 0.434. The van der Waals surface area contributed by atoms with Crippen LogP contribution in [0.4, 0.5) is 0 Å². The number of aromatic amines is 1. The van der Waals surface area contributed by atoms with Gasteiger partial charge in [0.2, 0.25) is 0 Å². The fourth-order valence-corrected chi connectivity index (χ4v) is 4.22. The Morgan fingerprint density at radius 3 is 2.63 bits per heavy atom. The Kier molecular flexibility index (Phi) is 5.81. The molecule has 0 aliphatic rings. The van der Waals surface area contributed by atoms with E-state index in [9.17, 15) is 9.59 Å². The van der Waals surface area contributed by atoms with Crippen molar-refractivity contribution in [1.82, 2.24) is 10.3 Å². The first-order chi connectivity index (χ1) is 14.6. The molecule has 0 saturated carbocycles. The highest BCUT2D eigenvalue weighted by atomic mass is 32.2. The first kappa shape index (κ1) is 20.1. The van der Waals surface area contributed by atoms with Gasteiger partial charge in [0.25, 0.3) is 5.91 Å². The van der Waals surface area contributed by atoms with E-state index >= 15 is 0 Å². The SMILES string of the molecule is COC(=O)[C@@H](Cc1c[nH]c2ccccc12)NC(=O)c1oc2ccccc2c1CSC. The van der Waals surface area contributed by atoms with Crippen LogP contribution in [0.25, 0.3) is 21.9 Å². The Bertz CT molecular complexity index is 1210. The minimum atomic E-state index is -0.836. The highest BCUT2D eigenvalue weighted by Gasteiger charge is 2.27. The summed E-state index contributed by atoms with van der Waals surface area (Å²) in [6, 6.07) is 14.5. The predicted molar refractivity (Wildman–Crippen MR) is 119 cm³/mol. The number of hydrogen-bond donors (Lipinski definition) is 2. The maximum Gasteiger partial charge on any atom is 0.328 e. The zero-order valence-corrected chi connectivity index (χ0v) is 17.5. The molecule has 0 aliphatic carbocycles. The van der Waals surface area contributed by atoms with Crippen LogP contribution < -0.4 is 5.32 Å². The van der Waals surface area contributed by atoms with Crippen LogP contribution in [0, 0.1) is 0 Å². The maximum atomic E-state index is 13.1. The molecule has 0 saturated heterocycles. The number of amides is 1. The lowest BCUT2D eigenvalue weighted by atomic mass is 10.0. The number of thioether (sulfide) groups is 1. The zero-order chi connectivity index (χ0) is 21.1. The molecule has 0 fully saturated rings. The number of methoxy groups -OCH3 is 1. The van der Waals surface area contributed by atoms with E-state index in [1.54, 1.807) is 11.8 Å². The molecule has 0 spiro atoms. The second-order valence-electron chi connectivity index (χ2n) is 6.95. The van der Waals surface area contributed by atoms with Crippen molar-refractivity contribution < 1.29 is 18.7 Å². The molecule has 0 aliphatic heterocycles. The van der Waals surface area contributed by atoms with Gasteiger partial charge >= 0.3 is 5.97 Å². The lowest BCUT2D eigenvalue weighted by molar-refractivity contribution is -0.142. The molecule has 154 valence electrons. The van der Waals surface area contributed by atoms with E-state index in [2.05, 4.69) is 10.3 Å². The summed E-state index contributed by atoms with van der Waals surface area (Å²) in [5.74, 6) is -0.0644. The highest BCUT2D eigenvalue weighted by molar-refractivity contribution is 7.97. The largest absolute Gasteiger partial charge is 0.467 e. The molecule has 0 radical (unpaired) electrons. The number of furan rings is 1. The Morgan fingerprint density at radius 1 is 1.13 bits per heavy atom. The van der Waals surface area contributed by atoms with Crippen molar-refractivity contribution in [3.8, 4) is 0 Å². The number of ether oxygens (including phenoxy) is 1. The van der Waals surface area contributed by atoms with E-state index < -0.39 is 17.9 Å². The van der Waals surface area contributed by atoms with Crippen molar-refractivity contribution in [3.05, 3.63) is 71.6 Å². The third kappa shape index (κ3) is 3.80. The molecule has 1 amide bonds. The molecule has 0 unspecified atom stereocenters. The van der Waals surface area contributed by atoms with Crippen molar-refractivity contribution in [2.75, 3.05) is 13.4 Å². The van der Waals surface area contributed by atoms with Gasteiger partial charge in [-0.15, -0.1) is 0 Å². The molecule has 4 aromatic rings. The Balaban J connectivity index is 1.64. The maximum absolute atomic E-state index is 13.1. The van der Waals surface area contributed by atoms with E-state index in [1.807, 2.05) is 61.0 Å². The van der Waals surface area contributed by atoms with Crippen molar-refractivity contribution in [3.63, 3.8) is 0 Å². The van der Waals surface area contributed by atoms with Crippen molar-refractivity contribution in [2.24, 2.45) is 0 Å². The molecule has 6 nitrogen and oxygen atoms in total. The topological polar surface area (TPSA) is 84.3 Å². The fourth-order valence-electron chi connectivity index (χ4n) is 3.65. The van der Waals surface area contributed by atoms with Gasteiger partial charge in [0.15, 0.2) is 5.76 Å². The summed E-state index contributed by atoms with van der Waals surface area (Å²) < 4.78 is 10.8. The minimum Gasteiger partial charge on any atom is -0.467 e. The molecule has 2 aromatic carbocycles. The summed E-state index contributed by atoms with van der Waals surface area (Å²) in [4.78, 5) is 28.7. The standard InChI is InChI=1S/C23H22N2O4S/c1-28-23(27)19(11-14-12-24-18-9-5-3-7-15(14)18)25-22(26)21-17(13-30-2)16-8-4-6-10-20(16)29-21/h3-10,12,19,24H,11,13H2,1-2H3,(H,25,26)/t19-/m1/s1. The fraction of sp³-hybridized carbons (Fsp3) is 0.217. The summed E-state index contributed by atoms with van der Waals surface area (Å²) in [6.45, 7) is 0.